The van der Waals surface area contributed by atoms with E-state index in [1.165, 1.54) is 19.3 Å². The van der Waals surface area contributed by atoms with Gasteiger partial charge in [-0.3, -0.25) is 0 Å². The van der Waals surface area contributed by atoms with E-state index in [0.717, 1.165) is 16.2 Å². The highest BCUT2D eigenvalue weighted by Gasteiger charge is 2.05. The van der Waals surface area contributed by atoms with Crippen LogP contribution in [0.5, 0.6) is 0 Å². The van der Waals surface area contributed by atoms with Gasteiger partial charge in [0.05, 0.1) is 0 Å². The fraction of sp³-hybridized carbons (Fsp3) is 0.545. The first-order valence-corrected chi connectivity index (χ1v) is 6.30. The molecule has 1 rings (SSSR count). The summed E-state index contributed by atoms with van der Waals surface area (Å²) in [6.07, 6.45) is 10.4. The summed E-state index contributed by atoms with van der Waals surface area (Å²) >= 11 is 2.53. The maximum Gasteiger partial charge on any atom is 0.112 e. The molecule has 0 saturated heterocycles. The minimum Gasteiger partial charge on any atom is -0.311 e. The number of halogens is 1. The highest BCUT2D eigenvalue weighted by molar-refractivity contribution is 14.1. The fourth-order valence-corrected chi connectivity index (χ4v) is 2.38. The highest BCUT2D eigenvalue weighted by atomic mass is 127. The second-order valence-electron chi connectivity index (χ2n) is 3.36. The predicted octanol–water partition coefficient (Wildman–Crippen LogP) is 3.52. The molecule has 0 spiro atoms. The zero-order valence-electron chi connectivity index (χ0n) is 8.62. The van der Waals surface area contributed by atoms with Crippen LogP contribution in [0.2, 0.25) is 0 Å². The molecular weight excluding hydrogens is 287 g/mol. The first-order chi connectivity index (χ1) is 6.77. The molecule has 3 heteroatoms. The summed E-state index contributed by atoms with van der Waals surface area (Å²) in [7, 11) is 0. The molecule has 2 nitrogen and oxygen atoms in total. The normalized spacial score (nSPS) is 12.7. The average molecular weight is 304 g/mol. The zero-order chi connectivity index (χ0) is 10.4. The van der Waals surface area contributed by atoms with Crippen molar-refractivity contribution < 1.29 is 0 Å². The lowest BCUT2D eigenvalue weighted by Gasteiger charge is -2.07. The molecule has 0 aromatic carbocycles. The van der Waals surface area contributed by atoms with Crippen molar-refractivity contribution in [2.24, 2.45) is 0 Å². The Morgan fingerprint density at radius 1 is 1.64 bits per heavy atom. The molecular formula is C11H17IN2. The van der Waals surface area contributed by atoms with E-state index in [9.17, 15) is 0 Å². The van der Waals surface area contributed by atoms with Crippen LogP contribution < -0.4 is 0 Å². The average Bonchev–Trinajstić information content (AvgIpc) is 2.62. The van der Waals surface area contributed by atoms with E-state index >= 15 is 0 Å². The summed E-state index contributed by atoms with van der Waals surface area (Å²) < 4.78 is 2.77. The number of aromatic nitrogens is 2. The third kappa shape index (κ3) is 3.44. The van der Waals surface area contributed by atoms with Crippen LogP contribution in [0.25, 0.3) is 6.20 Å². The van der Waals surface area contributed by atoms with Crippen molar-refractivity contribution in [1.29, 1.82) is 0 Å². The molecule has 0 amide bonds. The number of aryl methyl sites for hydroxylation is 1. The molecule has 0 saturated carbocycles. The molecule has 0 aliphatic rings. The molecule has 0 radical (unpaired) electrons. The second-order valence-corrected chi connectivity index (χ2v) is 5.12. The topological polar surface area (TPSA) is 17.8 Å². The predicted molar refractivity (Wildman–Crippen MR) is 69.7 cm³/mol. The van der Waals surface area contributed by atoms with Crippen LogP contribution in [-0.2, 0) is 6.42 Å². The van der Waals surface area contributed by atoms with Crippen LogP contribution in [-0.4, -0.2) is 13.5 Å². The molecule has 1 aromatic rings. The lowest BCUT2D eigenvalue weighted by Crippen LogP contribution is -2.03. The molecule has 0 aliphatic heterocycles. The Balaban J connectivity index is 2.41. The largest absolute Gasteiger partial charge is 0.311 e. The van der Waals surface area contributed by atoms with Gasteiger partial charge in [0.2, 0.25) is 0 Å². The van der Waals surface area contributed by atoms with Gasteiger partial charge in [-0.25, -0.2) is 4.98 Å². The van der Waals surface area contributed by atoms with E-state index in [0.29, 0.717) is 0 Å². The van der Waals surface area contributed by atoms with E-state index in [1.54, 1.807) is 0 Å². The van der Waals surface area contributed by atoms with Gasteiger partial charge in [0.15, 0.2) is 0 Å². The lowest BCUT2D eigenvalue weighted by atomic mass is 10.1. The van der Waals surface area contributed by atoms with E-state index in [1.807, 2.05) is 23.2 Å². The summed E-state index contributed by atoms with van der Waals surface area (Å²) in [5.74, 6) is 1.12. The third-order valence-corrected chi connectivity index (χ3v) is 3.47. The second kappa shape index (κ2) is 6.22. The van der Waals surface area contributed by atoms with E-state index in [2.05, 4.69) is 41.1 Å². The molecule has 0 fully saturated rings. The van der Waals surface area contributed by atoms with Crippen LogP contribution in [0, 0.1) is 0 Å². The van der Waals surface area contributed by atoms with Crippen LogP contribution in [0.3, 0.4) is 0 Å². The van der Waals surface area contributed by atoms with E-state index in [-0.39, 0.29) is 0 Å². The minimum absolute atomic E-state index is 0.771. The maximum absolute atomic E-state index is 4.31. The van der Waals surface area contributed by atoms with Crippen molar-refractivity contribution in [2.75, 3.05) is 0 Å². The van der Waals surface area contributed by atoms with Gasteiger partial charge in [-0.05, 0) is 12.8 Å². The number of nitrogens with zero attached hydrogens (tertiary/aromatic N) is 2. The Hall–Kier alpha value is -0.320. The SMILES string of the molecule is C=Cn1ccnc1CCC(I)CCC. The van der Waals surface area contributed by atoms with Gasteiger partial charge >= 0.3 is 0 Å². The molecule has 78 valence electrons. The summed E-state index contributed by atoms with van der Waals surface area (Å²) in [4.78, 5) is 4.31. The number of imidazole rings is 1. The molecule has 1 unspecified atom stereocenters. The Morgan fingerprint density at radius 2 is 2.43 bits per heavy atom. The van der Waals surface area contributed by atoms with Crippen molar-refractivity contribution in [3.05, 3.63) is 24.8 Å². The van der Waals surface area contributed by atoms with Gasteiger partial charge < -0.3 is 4.57 Å². The van der Waals surface area contributed by atoms with Gasteiger partial charge in [-0.1, -0.05) is 42.5 Å². The number of rotatable bonds is 6. The van der Waals surface area contributed by atoms with Crippen LogP contribution in [0.15, 0.2) is 19.0 Å². The Morgan fingerprint density at radius 3 is 3.07 bits per heavy atom. The number of alkyl halides is 1. The van der Waals surface area contributed by atoms with Gasteiger partial charge in [0.25, 0.3) is 0 Å². The summed E-state index contributed by atoms with van der Waals surface area (Å²) in [6.45, 7) is 5.98. The Labute approximate surface area is 99.6 Å². The van der Waals surface area contributed by atoms with Gasteiger partial charge in [-0.2, -0.15) is 0 Å². The molecule has 14 heavy (non-hydrogen) atoms. The van der Waals surface area contributed by atoms with Crippen LogP contribution in [0.1, 0.15) is 32.0 Å². The van der Waals surface area contributed by atoms with Gasteiger partial charge in [0.1, 0.15) is 5.82 Å². The first kappa shape index (κ1) is 11.8. The van der Waals surface area contributed by atoms with Crippen molar-refractivity contribution in [3.63, 3.8) is 0 Å². The van der Waals surface area contributed by atoms with E-state index in [4.69, 9.17) is 0 Å². The van der Waals surface area contributed by atoms with Gasteiger partial charge in [-0.15, -0.1) is 0 Å². The molecule has 0 bridgehead atoms. The number of hydrogen-bond acceptors (Lipinski definition) is 1. The minimum atomic E-state index is 0.771. The third-order valence-electron chi connectivity index (χ3n) is 2.23. The highest BCUT2D eigenvalue weighted by Crippen LogP contribution is 2.15. The Kier molecular flexibility index (Phi) is 5.22. The summed E-state index contributed by atoms with van der Waals surface area (Å²) in [5.41, 5.74) is 0. The monoisotopic (exact) mass is 304 g/mol. The van der Waals surface area contributed by atoms with Crippen molar-refractivity contribution in [1.82, 2.24) is 9.55 Å². The quantitative estimate of drug-likeness (QED) is 0.581. The van der Waals surface area contributed by atoms with Crippen molar-refractivity contribution in [3.8, 4) is 0 Å². The maximum atomic E-state index is 4.31. The van der Waals surface area contributed by atoms with E-state index < -0.39 is 0 Å². The molecule has 1 heterocycles. The number of hydrogen-bond donors (Lipinski definition) is 0. The zero-order valence-corrected chi connectivity index (χ0v) is 10.8. The Bertz CT molecular complexity index is 281. The standard InChI is InChI=1S/C11H17IN2/c1-3-5-10(12)6-7-11-13-8-9-14(11)4-2/h4,8-10H,2-3,5-7H2,1H3. The first-order valence-electron chi connectivity index (χ1n) is 5.06. The van der Waals surface area contributed by atoms with Gasteiger partial charge in [0, 0.05) is 28.9 Å². The van der Waals surface area contributed by atoms with Crippen molar-refractivity contribution >= 4 is 28.8 Å². The molecule has 0 aliphatic carbocycles. The van der Waals surface area contributed by atoms with Crippen LogP contribution >= 0.6 is 22.6 Å². The molecule has 1 atom stereocenters. The van der Waals surface area contributed by atoms with Crippen LogP contribution in [0.4, 0.5) is 0 Å². The lowest BCUT2D eigenvalue weighted by molar-refractivity contribution is 0.684. The molecule has 1 aromatic heterocycles. The van der Waals surface area contributed by atoms with Crippen molar-refractivity contribution in [2.45, 2.75) is 36.5 Å². The smallest absolute Gasteiger partial charge is 0.112 e. The fourth-order valence-electron chi connectivity index (χ4n) is 1.45. The molecule has 0 N–H and O–H groups in total. The summed E-state index contributed by atoms with van der Waals surface area (Å²) in [6, 6.07) is 0. The summed E-state index contributed by atoms with van der Waals surface area (Å²) in [5, 5.41) is 0.